The molecular weight excluding hydrogens is 342 g/mol. The number of amides is 1. The molecule has 3 rings (SSSR count). The van der Waals surface area contributed by atoms with Gasteiger partial charge < -0.3 is 14.6 Å². The topological polar surface area (TPSA) is 84.1 Å². The fourth-order valence-corrected chi connectivity index (χ4v) is 3.65. The quantitative estimate of drug-likeness (QED) is 0.830. The Hall–Kier alpha value is -2.81. The highest BCUT2D eigenvalue weighted by atomic mass is 16.6. The molecule has 0 unspecified atom stereocenters. The van der Waals surface area contributed by atoms with Crippen LogP contribution in [0.2, 0.25) is 0 Å². The summed E-state index contributed by atoms with van der Waals surface area (Å²) in [6.45, 7) is 8.15. The molecule has 6 nitrogen and oxygen atoms in total. The largest absolute Gasteiger partial charge is 0.444 e. The number of hydrogen-bond acceptors (Lipinski definition) is 4. The first-order chi connectivity index (χ1) is 12.7. The van der Waals surface area contributed by atoms with Crippen LogP contribution in [-0.2, 0) is 11.3 Å². The average Bonchev–Trinajstić information content (AvgIpc) is 2.90. The third kappa shape index (κ3) is 3.97. The van der Waals surface area contributed by atoms with Crippen LogP contribution < -0.4 is 5.32 Å². The number of aromatic nitrogens is 1. The Labute approximate surface area is 159 Å². The number of aldehydes is 1. The van der Waals surface area contributed by atoms with Gasteiger partial charge in [-0.1, -0.05) is 0 Å². The predicted octanol–water partition coefficient (Wildman–Crippen LogP) is 3.94. The van der Waals surface area contributed by atoms with Crippen molar-refractivity contribution in [3.05, 3.63) is 35.0 Å². The summed E-state index contributed by atoms with van der Waals surface area (Å²) in [5.41, 5.74) is 2.61. The lowest BCUT2D eigenvalue weighted by Crippen LogP contribution is -2.47. The van der Waals surface area contributed by atoms with E-state index < -0.39 is 5.60 Å². The lowest BCUT2D eigenvalue weighted by atomic mass is 9.80. The number of rotatable bonds is 4. The molecule has 0 spiro atoms. The van der Waals surface area contributed by atoms with Gasteiger partial charge in [-0.15, -0.1) is 0 Å². The smallest absolute Gasteiger partial charge is 0.407 e. The summed E-state index contributed by atoms with van der Waals surface area (Å²) in [4.78, 5) is 23.0. The first kappa shape index (κ1) is 19.0. The second kappa shape index (κ2) is 7.07. The Kier molecular flexibility index (Phi) is 4.97. The van der Waals surface area contributed by atoms with Gasteiger partial charge in [-0.05, 0) is 70.2 Å². The zero-order chi connectivity index (χ0) is 19.8. The number of aryl methyl sites for hydroxylation is 1. The maximum Gasteiger partial charge on any atom is 0.407 e. The van der Waals surface area contributed by atoms with Crippen LogP contribution in [0.5, 0.6) is 0 Å². The number of hydrogen-bond donors (Lipinski definition) is 1. The molecule has 1 aromatic carbocycles. The number of benzene rings is 1. The van der Waals surface area contributed by atoms with Crippen LogP contribution in [0.15, 0.2) is 18.2 Å². The molecule has 1 amide bonds. The molecule has 6 heteroatoms. The van der Waals surface area contributed by atoms with E-state index in [9.17, 15) is 14.9 Å². The van der Waals surface area contributed by atoms with Gasteiger partial charge in [-0.2, -0.15) is 5.26 Å². The Balaban J connectivity index is 1.68. The van der Waals surface area contributed by atoms with Crippen molar-refractivity contribution in [2.24, 2.45) is 5.92 Å². The van der Waals surface area contributed by atoms with Crippen LogP contribution in [-0.4, -0.2) is 28.6 Å². The third-order valence-corrected chi connectivity index (χ3v) is 5.04. The Morgan fingerprint density at radius 3 is 2.70 bits per heavy atom. The molecule has 27 heavy (non-hydrogen) atoms. The summed E-state index contributed by atoms with van der Waals surface area (Å²) in [7, 11) is 0. The van der Waals surface area contributed by atoms with Gasteiger partial charge in [0, 0.05) is 29.1 Å². The monoisotopic (exact) mass is 367 g/mol. The summed E-state index contributed by atoms with van der Waals surface area (Å²) >= 11 is 0. The molecule has 0 radical (unpaired) electrons. The molecule has 1 heterocycles. The minimum absolute atomic E-state index is 0.112. The minimum atomic E-state index is -0.503. The molecule has 0 bridgehead atoms. The summed E-state index contributed by atoms with van der Waals surface area (Å²) < 4.78 is 7.31. The van der Waals surface area contributed by atoms with Crippen LogP contribution >= 0.6 is 0 Å². The summed E-state index contributed by atoms with van der Waals surface area (Å²) in [5, 5.41) is 13.3. The first-order valence-corrected chi connectivity index (χ1v) is 9.19. The normalized spacial score (nSPS) is 19.2. The van der Waals surface area contributed by atoms with Gasteiger partial charge in [0.25, 0.3) is 0 Å². The molecule has 1 fully saturated rings. The fraction of sp³-hybridized carbons (Fsp3) is 0.476. The first-order valence-electron chi connectivity index (χ1n) is 9.19. The highest BCUT2D eigenvalue weighted by molar-refractivity contribution is 5.92. The Morgan fingerprint density at radius 1 is 1.41 bits per heavy atom. The number of ether oxygens (including phenoxy) is 1. The zero-order valence-electron chi connectivity index (χ0n) is 16.2. The van der Waals surface area contributed by atoms with E-state index in [2.05, 4.69) is 11.4 Å². The third-order valence-electron chi connectivity index (χ3n) is 5.04. The molecule has 0 saturated heterocycles. The van der Waals surface area contributed by atoms with E-state index in [0.717, 1.165) is 42.1 Å². The summed E-state index contributed by atoms with van der Waals surface area (Å²) in [5.74, 6) is 0.388. The zero-order valence-corrected chi connectivity index (χ0v) is 16.2. The predicted molar refractivity (Wildman–Crippen MR) is 103 cm³/mol. The SMILES string of the molecule is Cc1c(C=O)ccc2c1cc(C#N)n2CC1CC(NC(=O)OC(C)(C)C)C1. The van der Waals surface area contributed by atoms with Crippen molar-refractivity contribution >= 4 is 23.3 Å². The Bertz CT molecular complexity index is 925. The molecule has 2 aromatic rings. The maximum absolute atomic E-state index is 11.8. The van der Waals surface area contributed by atoms with Crippen molar-refractivity contribution in [3.63, 3.8) is 0 Å². The number of carbonyl (C=O) groups excluding carboxylic acids is 2. The van der Waals surface area contributed by atoms with Gasteiger partial charge in [-0.25, -0.2) is 4.79 Å². The van der Waals surface area contributed by atoms with Crippen LogP contribution in [0.25, 0.3) is 10.9 Å². The van der Waals surface area contributed by atoms with Crippen molar-refractivity contribution in [1.82, 2.24) is 9.88 Å². The lowest BCUT2D eigenvalue weighted by molar-refractivity contribution is 0.0446. The van der Waals surface area contributed by atoms with E-state index >= 15 is 0 Å². The molecule has 1 aromatic heterocycles. The maximum atomic E-state index is 11.8. The van der Waals surface area contributed by atoms with E-state index in [1.54, 1.807) is 6.07 Å². The van der Waals surface area contributed by atoms with E-state index in [0.29, 0.717) is 17.2 Å². The van der Waals surface area contributed by atoms with Gasteiger partial charge in [0.15, 0.2) is 0 Å². The molecular formula is C21H25N3O3. The number of nitrogens with zero attached hydrogens (tertiary/aromatic N) is 2. The molecule has 1 N–H and O–H groups in total. The van der Waals surface area contributed by atoms with Crippen LogP contribution in [0.4, 0.5) is 4.79 Å². The number of fused-ring (bicyclic) bond motifs is 1. The molecule has 1 saturated carbocycles. The van der Waals surface area contributed by atoms with Crippen molar-refractivity contribution in [1.29, 1.82) is 5.26 Å². The van der Waals surface area contributed by atoms with Gasteiger partial charge in [-0.3, -0.25) is 4.79 Å². The summed E-state index contributed by atoms with van der Waals surface area (Å²) in [6, 6.07) is 7.93. The van der Waals surface area contributed by atoms with E-state index in [1.807, 2.05) is 44.4 Å². The number of carbonyl (C=O) groups is 2. The Morgan fingerprint density at radius 2 is 2.11 bits per heavy atom. The second-order valence-electron chi connectivity index (χ2n) is 8.26. The standard InChI is InChI=1S/C21H25N3O3/c1-13-15(12-25)5-6-19-18(13)9-17(10-22)24(19)11-14-7-16(8-14)23-20(26)27-21(2,3)4/h5-6,9,12,14,16H,7-8,11H2,1-4H3,(H,23,26). The second-order valence-corrected chi connectivity index (χ2v) is 8.26. The number of nitriles is 1. The summed E-state index contributed by atoms with van der Waals surface area (Å²) in [6.07, 6.45) is 2.17. The van der Waals surface area contributed by atoms with Crippen LogP contribution in [0.1, 0.15) is 55.2 Å². The molecule has 1 aliphatic rings. The van der Waals surface area contributed by atoms with E-state index in [-0.39, 0.29) is 12.1 Å². The van der Waals surface area contributed by atoms with Crippen molar-refractivity contribution in [2.75, 3.05) is 0 Å². The average molecular weight is 367 g/mol. The minimum Gasteiger partial charge on any atom is -0.444 e. The molecule has 1 aliphatic carbocycles. The van der Waals surface area contributed by atoms with Crippen molar-refractivity contribution in [2.45, 2.75) is 58.7 Å². The molecule has 142 valence electrons. The van der Waals surface area contributed by atoms with Gasteiger partial charge in [0.05, 0.1) is 0 Å². The highest BCUT2D eigenvalue weighted by Gasteiger charge is 2.32. The van der Waals surface area contributed by atoms with Gasteiger partial charge >= 0.3 is 6.09 Å². The molecule has 0 aliphatic heterocycles. The van der Waals surface area contributed by atoms with Crippen LogP contribution in [0, 0.1) is 24.2 Å². The van der Waals surface area contributed by atoms with E-state index in [4.69, 9.17) is 4.74 Å². The highest BCUT2D eigenvalue weighted by Crippen LogP contribution is 2.32. The van der Waals surface area contributed by atoms with E-state index in [1.165, 1.54) is 0 Å². The van der Waals surface area contributed by atoms with Crippen molar-refractivity contribution < 1.29 is 14.3 Å². The lowest BCUT2D eigenvalue weighted by Gasteiger charge is -2.36. The van der Waals surface area contributed by atoms with Crippen molar-refractivity contribution in [3.8, 4) is 6.07 Å². The molecule has 0 atom stereocenters. The van der Waals surface area contributed by atoms with Gasteiger partial charge in [0.1, 0.15) is 23.7 Å². The fourth-order valence-electron chi connectivity index (χ4n) is 3.65. The number of alkyl carbamates (subject to hydrolysis) is 1. The number of nitrogens with one attached hydrogen (secondary N) is 1. The van der Waals surface area contributed by atoms with Crippen LogP contribution in [0.3, 0.4) is 0 Å². The van der Waals surface area contributed by atoms with Gasteiger partial charge in [0.2, 0.25) is 0 Å².